The lowest BCUT2D eigenvalue weighted by Crippen LogP contribution is -2.31. The Bertz CT molecular complexity index is 1470. The topological polar surface area (TPSA) is 91.5 Å². The van der Waals surface area contributed by atoms with Gasteiger partial charge >= 0.3 is 0 Å². The van der Waals surface area contributed by atoms with Crippen molar-refractivity contribution in [2.45, 2.75) is 12.3 Å². The second kappa shape index (κ2) is 11.3. The van der Waals surface area contributed by atoms with Crippen molar-refractivity contribution < 1.29 is 9.90 Å². The van der Waals surface area contributed by atoms with Crippen molar-refractivity contribution in [1.29, 1.82) is 0 Å². The van der Waals surface area contributed by atoms with Crippen LogP contribution >= 0.6 is 15.9 Å². The number of rotatable bonds is 9. The van der Waals surface area contributed by atoms with Gasteiger partial charge in [-0.25, -0.2) is 4.98 Å². The van der Waals surface area contributed by atoms with E-state index in [0.29, 0.717) is 36.4 Å². The van der Waals surface area contributed by atoms with Gasteiger partial charge in [0, 0.05) is 24.7 Å². The highest BCUT2D eigenvalue weighted by Gasteiger charge is 2.22. The Morgan fingerprint density at radius 3 is 2.24 bits per heavy atom. The van der Waals surface area contributed by atoms with Gasteiger partial charge in [-0.2, -0.15) is 9.61 Å². The molecule has 0 atom stereocenters. The maximum absolute atomic E-state index is 13.2. The van der Waals surface area contributed by atoms with Crippen molar-refractivity contribution in [3.05, 3.63) is 113 Å². The number of amides is 1. The predicted molar refractivity (Wildman–Crippen MR) is 149 cm³/mol. The second-order valence-electron chi connectivity index (χ2n) is 8.60. The highest BCUT2D eigenvalue weighted by molar-refractivity contribution is 9.10. The SMILES string of the molecule is O=C(NCCCNc1cc(-c2ccccc2O)nc2c(Br)cnn12)C(c1ccccc1)c1ccccc1. The summed E-state index contributed by atoms with van der Waals surface area (Å²) in [6.07, 6.45) is 2.40. The molecule has 2 aromatic heterocycles. The van der Waals surface area contributed by atoms with Gasteiger partial charge in [-0.15, -0.1) is 0 Å². The number of carbonyl (C=O) groups excluding carboxylic acids is 1. The third-order valence-electron chi connectivity index (χ3n) is 6.10. The smallest absolute Gasteiger partial charge is 0.232 e. The average Bonchev–Trinajstić information content (AvgIpc) is 3.30. The zero-order chi connectivity index (χ0) is 25.6. The standard InChI is InChI=1S/C29H26BrN5O2/c30-23-19-33-35-26(18-24(34-28(23)35)22-14-7-8-15-25(22)36)31-16-9-17-32-29(37)27(20-10-3-1-4-11-20)21-12-5-2-6-13-21/h1-8,10-15,18-19,27,31,36H,9,16-17H2,(H,32,37). The molecule has 2 heterocycles. The van der Waals surface area contributed by atoms with Crippen LogP contribution in [0.3, 0.4) is 0 Å². The Labute approximate surface area is 223 Å². The van der Waals surface area contributed by atoms with E-state index in [9.17, 15) is 9.90 Å². The van der Waals surface area contributed by atoms with E-state index in [1.54, 1.807) is 22.8 Å². The molecule has 0 saturated carbocycles. The zero-order valence-corrected chi connectivity index (χ0v) is 21.6. The molecule has 37 heavy (non-hydrogen) atoms. The summed E-state index contributed by atoms with van der Waals surface area (Å²) in [5.74, 6) is 0.515. The van der Waals surface area contributed by atoms with Gasteiger partial charge in [0.2, 0.25) is 5.91 Å². The second-order valence-corrected chi connectivity index (χ2v) is 9.45. The Balaban J connectivity index is 1.26. The van der Waals surface area contributed by atoms with Gasteiger partial charge in [0.1, 0.15) is 11.6 Å². The fourth-order valence-corrected chi connectivity index (χ4v) is 4.64. The lowest BCUT2D eigenvalue weighted by atomic mass is 9.90. The summed E-state index contributed by atoms with van der Waals surface area (Å²) in [6.45, 7) is 1.13. The molecule has 3 N–H and O–H groups in total. The maximum atomic E-state index is 13.2. The molecule has 7 nitrogen and oxygen atoms in total. The highest BCUT2D eigenvalue weighted by Crippen LogP contribution is 2.31. The fraction of sp³-hybridized carbons (Fsp3) is 0.138. The molecular weight excluding hydrogens is 530 g/mol. The summed E-state index contributed by atoms with van der Waals surface area (Å²) >= 11 is 3.50. The number of fused-ring (bicyclic) bond motifs is 1. The summed E-state index contributed by atoms with van der Waals surface area (Å²) in [7, 11) is 0. The minimum Gasteiger partial charge on any atom is -0.507 e. The third kappa shape index (κ3) is 5.49. The lowest BCUT2D eigenvalue weighted by molar-refractivity contribution is -0.121. The number of phenols is 1. The van der Waals surface area contributed by atoms with Crippen molar-refractivity contribution in [2.24, 2.45) is 0 Å². The molecule has 0 saturated heterocycles. The fourth-order valence-electron chi connectivity index (χ4n) is 4.29. The Morgan fingerprint density at radius 2 is 1.57 bits per heavy atom. The number of hydrogen-bond donors (Lipinski definition) is 3. The molecular formula is C29H26BrN5O2. The van der Waals surface area contributed by atoms with Crippen molar-refractivity contribution >= 4 is 33.3 Å². The molecule has 0 bridgehead atoms. The van der Waals surface area contributed by atoms with E-state index in [1.807, 2.05) is 78.9 Å². The van der Waals surface area contributed by atoms with Gasteiger partial charge < -0.3 is 15.7 Å². The first-order valence-corrected chi connectivity index (χ1v) is 12.9. The Morgan fingerprint density at radius 1 is 0.919 bits per heavy atom. The molecule has 0 aliphatic carbocycles. The normalized spacial score (nSPS) is 11.1. The van der Waals surface area contributed by atoms with E-state index in [0.717, 1.165) is 21.4 Å². The van der Waals surface area contributed by atoms with Crippen LogP contribution in [0.15, 0.2) is 102 Å². The van der Waals surface area contributed by atoms with Gasteiger partial charge in [0.05, 0.1) is 22.3 Å². The van der Waals surface area contributed by atoms with E-state index in [4.69, 9.17) is 0 Å². The lowest BCUT2D eigenvalue weighted by Gasteiger charge is -2.18. The number of hydrogen-bond acceptors (Lipinski definition) is 5. The molecule has 0 radical (unpaired) electrons. The predicted octanol–water partition coefficient (Wildman–Crippen LogP) is 5.61. The van der Waals surface area contributed by atoms with Gasteiger partial charge in [-0.05, 0) is 45.6 Å². The third-order valence-corrected chi connectivity index (χ3v) is 6.66. The van der Waals surface area contributed by atoms with Crippen LogP contribution in [-0.2, 0) is 4.79 Å². The molecule has 5 rings (SSSR count). The number of anilines is 1. The molecule has 0 spiro atoms. The van der Waals surface area contributed by atoms with Crippen LogP contribution in [-0.4, -0.2) is 38.7 Å². The van der Waals surface area contributed by atoms with E-state index in [1.165, 1.54) is 0 Å². The molecule has 8 heteroatoms. The quantitative estimate of drug-likeness (QED) is 0.205. The van der Waals surface area contributed by atoms with Gasteiger partial charge in [-0.3, -0.25) is 4.79 Å². The number of halogens is 1. The van der Waals surface area contributed by atoms with Gasteiger partial charge in [-0.1, -0.05) is 72.8 Å². The first kappa shape index (κ1) is 24.5. The first-order valence-electron chi connectivity index (χ1n) is 12.1. The van der Waals surface area contributed by atoms with Crippen LogP contribution < -0.4 is 10.6 Å². The Kier molecular flexibility index (Phi) is 7.46. The van der Waals surface area contributed by atoms with Crippen LogP contribution in [0.1, 0.15) is 23.5 Å². The van der Waals surface area contributed by atoms with Crippen LogP contribution in [0.4, 0.5) is 5.82 Å². The van der Waals surface area contributed by atoms with E-state index in [2.05, 4.69) is 36.6 Å². The number of carbonyl (C=O) groups is 1. The molecule has 0 fully saturated rings. The zero-order valence-electron chi connectivity index (χ0n) is 20.0. The number of aromatic nitrogens is 3. The monoisotopic (exact) mass is 555 g/mol. The molecule has 186 valence electrons. The number of aromatic hydroxyl groups is 1. The first-order chi connectivity index (χ1) is 18.1. The van der Waals surface area contributed by atoms with Crippen LogP contribution in [0, 0.1) is 0 Å². The van der Waals surface area contributed by atoms with E-state index in [-0.39, 0.29) is 17.6 Å². The molecule has 5 aromatic rings. The number of phenolic OH excluding ortho intramolecular Hbond substituents is 1. The van der Waals surface area contributed by atoms with Gasteiger partial charge in [0.15, 0.2) is 5.65 Å². The number of nitrogens with one attached hydrogen (secondary N) is 2. The minimum atomic E-state index is -0.363. The molecule has 0 unspecified atom stereocenters. The van der Waals surface area contributed by atoms with Crippen LogP contribution in [0.5, 0.6) is 5.75 Å². The van der Waals surface area contributed by atoms with Crippen molar-refractivity contribution in [1.82, 2.24) is 19.9 Å². The molecule has 0 aliphatic rings. The minimum absolute atomic E-state index is 0.0263. The maximum Gasteiger partial charge on any atom is 0.232 e. The van der Waals surface area contributed by atoms with E-state index >= 15 is 0 Å². The highest BCUT2D eigenvalue weighted by atomic mass is 79.9. The average molecular weight is 556 g/mol. The summed E-state index contributed by atoms with van der Waals surface area (Å²) in [5.41, 5.74) is 3.84. The van der Waals surface area contributed by atoms with Crippen LogP contribution in [0.2, 0.25) is 0 Å². The van der Waals surface area contributed by atoms with Crippen molar-refractivity contribution in [2.75, 3.05) is 18.4 Å². The molecule has 3 aromatic carbocycles. The summed E-state index contributed by atoms with van der Waals surface area (Å²) in [6, 6.07) is 28.6. The van der Waals surface area contributed by atoms with E-state index < -0.39 is 0 Å². The van der Waals surface area contributed by atoms with Crippen molar-refractivity contribution in [3.63, 3.8) is 0 Å². The summed E-state index contributed by atoms with van der Waals surface area (Å²) in [5, 5.41) is 21.2. The molecule has 1 amide bonds. The summed E-state index contributed by atoms with van der Waals surface area (Å²) < 4.78 is 2.47. The molecule has 0 aliphatic heterocycles. The van der Waals surface area contributed by atoms with Gasteiger partial charge in [0.25, 0.3) is 0 Å². The number of benzene rings is 3. The van der Waals surface area contributed by atoms with Crippen LogP contribution in [0.25, 0.3) is 16.9 Å². The summed E-state index contributed by atoms with van der Waals surface area (Å²) in [4.78, 5) is 17.9. The van der Waals surface area contributed by atoms with Crippen molar-refractivity contribution in [3.8, 4) is 17.0 Å². The largest absolute Gasteiger partial charge is 0.507 e. The Hall–Kier alpha value is -4.17. The number of nitrogens with zero attached hydrogens (tertiary/aromatic N) is 3. The number of para-hydroxylation sites is 1.